The van der Waals surface area contributed by atoms with E-state index in [4.69, 9.17) is 4.74 Å². The summed E-state index contributed by atoms with van der Waals surface area (Å²) >= 11 is 0. The second kappa shape index (κ2) is 4.11. The molecule has 0 atom stereocenters. The summed E-state index contributed by atoms with van der Waals surface area (Å²) in [5.41, 5.74) is 1.28. The molecule has 98 valence electrons. The molecule has 1 saturated carbocycles. The molecule has 0 aromatic heterocycles. The zero-order valence-corrected chi connectivity index (χ0v) is 10.8. The van der Waals surface area contributed by atoms with Gasteiger partial charge in [-0.1, -0.05) is 19.3 Å². The lowest BCUT2D eigenvalue weighted by molar-refractivity contribution is -0.138. The number of rotatable bonds is 1. The average molecular weight is 249 g/mol. The van der Waals surface area contributed by atoms with Crippen LogP contribution in [0.2, 0.25) is 0 Å². The van der Waals surface area contributed by atoms with Gasteiger partial charge in [0.2, 0.25) is 5.91 Å². The average Bonchev–Trinajstić information content (AvgIpc) is 2.86. The number of hydrogen-bond donors (Lipinski definition) is 0. The van der Waals surface area contributed by atoms with E-state index >= 15 is 0 Å². The van der Waals surface area contributed by atoms with E-state index in [9.17, 15) is 9.59 Å². The molecule has 1 aliphatic carbocycles. The van der Waals surface area contributed by atoms with E-state index in [-0.39, 0.29) is 23.9 Å². The van der Waals surface area contributed by atoms with Crippen molar-refractivity contribution >= 4 is 11.9 Å². The number of amides is 1. The fourth-order valence-corrected chi connectivity index (χ4v) is 3.52. The lowest BCUT2D eigenvalue weighted by Gasteiger charge is -2.31. The first-order valence-corrected chi connectivity index (χ1v) is 6.83. The van der Waals surface area contributed by atoms with Crippen LogP contribution >= 0.6 is 0 Å². The number of carbonyl (C=O) groups excluding carboxylic acids is 2. The summed E-state index contributed by atoms with van der Waals surface area (Å²) in [6.45, 7) is 2.78. The first kappa shape index (κ1) is 11.8. The summed E-state index contributed by atoms with van der Waals surface area (Å²) in [7, 11) is 0. The van der Waals surface area contributed by atoms with Crippen LogP contribution in [0.5, 0.6) is 0 Å². The van der Waals surface area contributed by atoms with Crippen LogP contribution in [0.15, 0.2) is 11.3 Å². The van der Waals surface area contributed by atoms with Crippen molar-refractivity contribution in [2.75, 3.05) is 13.2 Å². The minimum Gasteiger partial charge on any atom is -0.456 e. The molecule has 0 unspecified atom stereocenters. The lowest BCUT2D eigenvalue weighted by atomic mass is 9.73. The molecule has 0 N–H and O–H groups in total. The van der Waals surface area contributed by atoms with Gasteiger partial charge in [0.25, 0.3) is 0 Å². The molecule has 18 heavy (non-hydrogen) atoms. The van der Waals surface area contributed by atoms with Gasteiger partial charge >= 0.3 is 5.97 Å². The van der Waals surface area contributed by atoms with Crippen molar-refractivity contribution in [1.29, 1.82) is 0 Å². The first-order chi connectivity index (χ1) is 8.64. The van der Waals surface area contributed by atoms with E-state index in [0.29, 0.717) is 5.57 Å². The van der Waals surface area contributed by atoms with Crippen LogP contribution in [0.4, 0.5) is 0 Å². The van der Waals surface area contributed by atoms with Gasteiger partial charge < -0.3 is 9.64 Å². The molecule has 0 aromatic carbocycles. The predicted molar refractivity (Wildman–Crippen MR) is 65.5 cm³/mol. The van der Waals surface area contributed by atoms with Crippen molar-refractivity contribution in [2.24, 2.45) is 5.41 Å². The van der Waals surface area contributed by atoms with Crippen LogP contribution in [0.1, 0.15) is 45.4 Å². The number of hydrogen-bond acceptors (Lipinski definition) is 3. The SMILES string of the molecule is CC1=C(N2CCC3(CCCCC3)C2=O)COC1=O. The van der Waals surface area contributed by atoms with Gasteiger partial charge in [-0.2, -0.15) is 0 Å². The van der Waals surface area contributed by atoms with Crippen molar-refractivity contribution < 1.29 is 14.3 Å². The quantitative estimate of drug-likeness (QED) is 0.668. The third kappa shape index (κ3) is 1.58. The number of carbonyl (C=O) groups is 2. The van der Waals surface area contributed by atoms with E-state index in [0.717, 1.165) is 44.3 Å². The van der Waals surface area contributed by atoms with Gasteiger partial charge in [0, 0.05) is 6.54 Å². The van der Waals surface area contributed by atoms with Crippen molar-refractivity contribution in [3.63, 3.8) is 0 Å². The van der Waals surface area contributed by atoms with Crippen LogP contribution in [0.25, 0.3) is 0 Å². The first-order valence-electron chi connectivity index (χ1n) is 6.83. The van der Waals surface area contributed by atoms with Crippen molar-refractivity contribution in [3.05, 3.63) is 11.3 Å². The lowest BCUT2D eigenvalue weighted by Crippen LogP contribution is -2.36. The molecule has 2 heterocycles. The van der Waals surface area contributed by atoms with Gasteiger partial charge in [-0.05, 0) is 26.2 Å². The molecule has 0 radical (unpaired) electrons. The summed E-state index contributed by atoms with van der Waals surface area (Å²) < 4.78 is 5.01. The molecule has 0 aromatic rings. The largest absolute Gasteiger partial charge is 0.456 e. The molecular formula is C14H19NO3. The third-order valence-corrected chi connectivity index (χ3v) is 4.73. The van der Waals surface area contributed by atoms with Crippen molar-refractivity contribution in [2.45, 2.75) is 45.4 Å². The van der Waals surface area contributed by atoms with Crippen molar-refractivity contribution in [1.82, 2.24) is 4.90 Å². The van der Waals surface area contributed by atoms with Gasteiger partial charge in [0.1, 0.15) is 6.61 Å². The van der Waals surface area contributed by atoms with Gasteiger partial charge in [-0.15, -0.1) is 0 Å². The second-order valence-corrected chi connectivity index (χ2v) is 5.70. The molecule has 3 rings (SSSR count). The highest BCUT2D eigenvalue weighted by Gasteiger charge is 2.48. The standard InChI is InChI=1S/C14H19NO3/c1-10-11(9-18-12(10)16)15-8-7-14(13(15)17)5-3-2-4-6-14/h2-9H2,1H3. The summed E-state index contributed by atoms with van der Waals surface area (Å²) in [6.07, 6.45) is 6.54. The molecule has 4 nitrogen and oxygen atoms in total. The van der Waals surface area contributed by atoms with Gasteiger partial charge in [0.05, 0.1) is 16.7 Å². The number of ether oxygens (including phenoxy) is 1. The summed E-state index contributed by atoms with van der Waals surface area (Å²) in [4.78, 5) is 25.9. The normalized spacial score (nSPS) is 27.3. The van der Waals surface area contributed by atoms with Gasteiger partial charge in [-0.3, -0.25) is 4.79 Å². The van der Waals surface area contributed by atoms with Gasteiger partial charge in [0.15, 0.2) is 0 Å². The Bertz CT molecular complexity index is 432. The molecule has 4 heteroatoms. The maximum atomic E-state index is 12.6. The number of likely N-dealkylation sites (tertiary alicyclic amines) is 1. The van der Waals surface area contributed by atoms with Crippen molar-refractivity contribution in [3.8, 4) is 0 Å². The summed E-state index contributed by atoms with van der Waals surface area (Å²) in [5.74, 6) is -0.0442. The Balaban J connectivity index is 1.85. The fraction of sp³-hybridized carbons (Fsp3) is 0.714. The number of cyclic esters (lactones) is 1. The second-order valence-electron chi connectivity index (χ2n) is 5.70. The minimum absolute atomic E-state index is 0.128. The molecule has 1 saturated heterocycles. The maximum absolute atomic E-state index is 12.6. The fourth-order valence-electron chi connectivity index (χ4n) is 3.52. The highest BCUT2D eigenvalue weighted by Crippen LogP contribution is 2.46. The van der Waals surface area contributed by atoms with E-state index < -0.39 is 0 Å². The third-order valence-electron chi connectivity index (χ3n) is 4.73. The van der Waals surface area contributed by atoms with E-state index in [2.05, 4.69) is 0 Å². The van der Waals surface area contributed by atoms with Crippen LogP contribution in [0, 0.1) is 5.41 Å². The Morgan fingerprint density at radius 3 is 2.44 bits per heavy atom. The van der Waals surface area contributed by atoms with E-state index in [1.165, 1.54) is 6.42 Å². The molecule has 1 amide bonds. The Morgan fingerprint density at radius 2 is 1.83 bits per heavy atom. The molecule has 2 fully saturated rings. The zero-order chi connectivity index (χ0) is 12.8. The molecular weight excluding hydrogens is 230 g/mol. The Hall–Kier alpha value is -1.32. The predicted octanol–water partition coefficient (Wildman–Crippen LogP) is 2.00. The monoisotopic (exact) mass is 249 g/mol. The Labute approximate surface area is 107 Å². The topological polar surface area (TPSA) is 46.6 Å². The smallest absolute Gasteiger partial charge is 0.336 e. The molecule has 3 aliphatic rings. The zero-order valence-electron chi connectivity index (χ0n) is 10.8. The van der Waals surface area contributed by atoms with E-state index in [1.807, 2.05) is 4.90 Å². The van der Waals surface area contributed by atoms with Crippen LogP contribution in [-0.4, -0.2) is 29.9 Å². The van der Waals surface area contributed by atoms with Crippen LogP contribution < -0.4 is 0 Å². The molecule has 2 aliphatic heterocycles. The van der Waals surface area contributed by atoms with Crippen LogP contribution in [0.3, 0.4) is 0 Å². The number of nitrogens with zero attached hydrogens (tertiary/aromatic N) is 1. The number of esters is 1. The molecule has 0 bridgehead atoms. The van der Waals surface area contributed by atoms with E-state index in [1.54, 1.807) is 6.92 Å². The Kier molecular flexibility index (Phi) is 2.68. The Morgan fingerprint density at radius 1 is 1.11 bits per heavy atom. The maximum Gasteiger partial charge on any atom is 0.336 e. The highest BCUT2D eigenvalue weighted by atomic mass is 16.5. The summed E-state index contributed by atoms with van der Waals surface area (Å²) in [6, 6.07) is 0. The molecule has 1 spiro atoms. The summed E-state index contributed by atoms with van der Waals surface area (Å²) in [5, 5.41) is 0. The highest BCUT2D eigenvalue weighted by molar-refractivity contribution is 5.94. The van der Waals surface area contributed by atoms with Gasteiger partial charge in [-0.25, -0.2) is 4.79 Å². The van der Waals surface area contributed by atoms with Crippen LogP contribution in [-0.2, 0) is 14.3 Å². The minimum atomic E-state index is -0.276.